The lowest BCUT2D eigenvalue weighted by atomic mass is 10.1. The number of hydrogen-bond donors (Lipinski definition) is 1. The van der Waals surface area contributed by atoms with Gasteiger partial charge in [0, 0.05) is 34.9 Å². The highest BCUT2D eigenvalue weighted by Gasteiger charge is 2.09. The number of benzene rings is 1. The molecule has 0 saturated carbocycles. The Hall–Kier alpha value is -1.33. The number of nitro benzene ring substituents is 1. The number of nitrogens with one attached hydrogen (secondary N) is 1. The standard InChI is InChI=1S/C14H20N2O2S/c1-11(9-15-14(2,3)4)10-19-13-7-5-12(6-8-13)16(17)18/h5-8,15H,1,9-10H2,2-4H3. The largest absolute Gasteiger partial charge is 0.308 e. The Morgan fingerprint density at radius 3 is 2.42 bits per heavy atom. The third-order valence-corrected chi connectivity index (χ3v) is 3.52. The van der Waals surface area contributed by atoms with E-state index in [0.29, 0.717) is 0 Å². The third-order valence-electron chi connectivity index (χ3n) is 2.36. The average Bonchev–Trinajstić information content (AvgIpc) is 2.33. The second kappa shape index (κ2) is 6.73. The zero-order valence-corrected chi connectivity index (χ0v) is 12.4. The first-order chi connectivity index (χ1) is 8.78. The van der Waals surface area contributed by atoms with E-state index < -0.39 is 0 Å². The van der Waals surface area contributed by atoms with Gasteiger partial charge in [-0.05, 0) is 32.9 Å². The van der Waals surface area contributed by atoms with E-state index >= 15 is 0 Å². The molecule has 0 fully saturated rings. The summed E-state index contributed by atoms with van der Waals surface area (Å²) in [5, 5.41) is 13.9. The van der Waals surface area contributed by atoms with Crippen molar-refractivity contribution in [3.05, 3.63) is 46.5 Å². The van der Waals surface area contributed by atoms with E-state index in [1.807, 2.05) is 0 Å². The molecule has 0 aliphatic heterocycles. The molecule has 0 aliphatic carbocycles. The number of nitro groups is 1. The first kappa shape index (κ1) is 15.7. The maximum absolute atomic E-state index is 10.5. The van der Waals surface area contributed by atoms with Crippen molar-refractivity contribution < 1.29 is 4.92 Å². The molecule has 5 heteroatoms. The summed E-state index contributed by atoms with van der Waals surface area (Å²) >= 11 is 1.64. The monoisotopic (exact) mass is 280 g/mol. The van der Waals surface area contributed by atoms with E-state index in [4.69, 9.17) is 0 Å². The van der Waals surface area contributed by atoms with Crippen LogP contribution in [-0.2, 0) is 0 Å². The fourth-order valence-corrected chi connectivity index (χ4v) is 2.09. The van der Waals surface area contributed by atoms with E-state index in [1.165, 1.54) is 12.1 Å². The highest BCUT2D eigenvalue weighted by molar-refractivity contribution is 7.99. The van der Waals surface area contributed by atoms with Crippen LogP contribution in [-0.4, -0.2) is 22.8 Å². The number of hydrogen-bond acceptors (Lipinski definition) is 4. The lowest BCUT2D eigenvalue weighted by molar-refractivity contribution is -0.384. The number of rotatable bonds is 6. The Morgan fingerprint density at radius 2 is 1.95 bits per heavy atom. The molecule has 1 N–H and O–H groups in total. The van der Waals surface area contributed by atoms with E-state index in [2.05, 4.69) is 32.7 Å². The normalized spacial score (nSPS) is 11.3. The van der Waals surface area contributed by atoms with Gasteiger partial charge in [0.2, 0.25) is 0 Å². The Kier molecular flexibility index (Phi) is 5.57. The van der Waals surface area contributed by atoms with Crippen LogP contribution in [0.5, 0.6) is 0 Å². The Balaban J connectivity index is 2.40. The third kappa shape index (κ3) is 6.40. The molecule has 0 aliphatic rings. The van der Waals surface area contributed by atoms with Gasteiger partial charge in [-0.2, -0.15) is 0 Å². The quantitative estimate of drug-likeness (QED) is 0.374. The van der Waals surface area contributed by atoms with Crippen LogP contribution in [0.1, 0.15) is 20.8 Å². The second-order valence-electron chi connectivity index (χ2n) is 5.39. The first-order valence-corrected chi connectivity index (χ1v) is 7.05. The van der Waals surface area contributed by atoms with Crippen LogP contribution >= 0.6 is 11.8 Å². The summed E-state index contributed by atoms with van der Waals surface area (Å²) in [6.07, 6.45) is 0. The molecule has 4 nitrogen and oxygen atoms in total. The van der Waals surface area contributed by atoms with Crippen molar-refractivity contribution in [3.63, 3.8) is 0 Å². The molecule has 1 aromatic rings. The van der Waals surface area contributed by atoms with Gasteiger partial charge in [-0.1, -0.05) is 12.2 Å². The second-order valence-corrected chi connectivity index (χ2v) is 6.44. The van der Waals surface area contributed by atoms with Gasteiger partial charge >= 0.3 is 0 Å². The van der Waals surface area contributed by atoms with Gasteiger partial charge in [0.15, 0.2) is 0 Å². The summed E-state index contributed by atoms with van der Waals surface area (Å²) in [6, 6.07) is 6.59. The van der Waals surface area contributed by atoms with Crippen LogP contribution in [0.2, 0.25) is 0 Å². The molecule has 0 unspecified atom stereocenters. The fraction of sp³-hybridized carbons (Fsp3) is 0.429. The van der Waals surface area contributed by atoms with Crippen molar-refractivity contribution in [1.29, 1.82) is 0 Å². The Bertz CT molecular complexity index is 450. The molecule has 19 heavy (non-hydrogen) atoms. The molecule has 1 aromatic carbocycles. The molecule has 0 atom stereocenters. The number of nitrogens with zero attached hydrogens (tertiary/aromatic N) is 1. The lowest BCUT2D eigenvalue weighted by Gasteiger charge is -2.21. The van der Waals surface area contributed by atoms with Crippen LogP contribution in [0.4, 0.5) is 5.69 Å². The van der Waals surface area contributed by atoms with Crippen LogP contribution in [0, 0.1) is 10.1 Å². The van der Waals surface area contributed by atoms with Crippen molar-refractivity contribution in [3.8, 4) is 0 Å². The summed E-state index contributed by atoms with van der Waals surface area (Å²) in [5.74, 6) is 0.806. The van der Waals surface area contributed by atoms with E-state index in [1.54, 1.807) is 23.9 Å². The molecule has 0 bridgehead atoms. The van der Waals surface area contributed by atoms with Crippen LogP contribution in [0.25, 0.3) is 0 Å². The van der Waals surface area contributed by atoms with Crippen molar-refractivity contribution in [1.82, 2.24) is 5.32 Å². The maximum atomic E-state index is 10.5. The lowest BCUT2D eigenvalue weighted by Crippen LogP contribution is -2.37. The molecule has 0 spiro atoms. The predicted molar refractivity (Wildman–Crippen MR) is 80.7 cm³/mol. The minimum Gasteiger partial charge on any atom is -0.308 e. The molecule has 0 amide bonds. The zero-order chi connectivity index (χ0) is 14.5. The zero-order valence-electron chi connectivity index (χ0n) is 11.6. The van der Waals surface area contributed by atoms with Crippen molar-refractivity contribution in [2.24, 2.45) is 0 Å². The van der Waals surface area contributed by atoms with E-state index in [9.17, 15) is 10.1 Å². The van der Waals surface area contributed by atoms with Crippen molar-refractivity contribution >= 4 is 17.4 Å². The molecule has 0 aromatic heterocycles. The van der Waals surface area contributed by atoms with Gasteiger partial charge in [0.25, 0.3) is 5.69 Å². The predicted octanol–water partition coefficient (Wildman–Crippen LogP) is 3.63. The van der Waals surface area contributed by atoms with Crippen molar-refractivity contribution in [2.45, 2.75) is 31.2 Å². The topological polar surface area (TPSA) is 55.2 Å². The van der Waals surface area contributed by atoms with Crippen molar-refractivity contribution in [2.75, 3.05) is 12.3 Å². The molecule has 1 rings (SSSR count). The van der Waals surface area contributed by atoms with Gasteiger partial charge in [-0.15, -0.1) is 11.8 Å². The first-order valence-electron chi connectivity index (χ1n) is 6.07. The summed E-state index contributed by atoms with van der Waals surface area (Å²) in [5.41, 5.74) is 1.32. The highest BCUT2D eigenvalue weighted by atomic mass is 32.2. The summed E-state index contributed by atoms with van der Waals surface area (Å²) in [4.78, 5) is 11.2. The molecule has 0 saturated heterocycles. The minimum absolute atomic E-state index is 0.0843. The molecular formula is C14H20N2O2S. The van der Waals surface area contributed by atoms with Gasteiger partial charge in [0.1, 0.15) is 0 Å². The summed E-state index contributed by atoms with van der Waals surface area (Å²) in [6.45, 7) is 11.2. The van der Waals surface area contributed by atoms with E-state index in [-0.39, 0.29) is 16.1 Å². The van der Waals surface area contributed by atoms with E-state index in [0.717, 1.165) is 22.8 Å². The fourth-order valence-electron chi connectivity index (χ4n) is 1.29. The minimum atomic E-state index is -0.388. The SMILES string of the molecule is C=C(CNC(C)(C)C)CSc1ccc([N+](=O)[O-])cc1. The number of thioether (sulfide) groups is 1. The molecular weight excluding hydrogens is 260 g/mol. The highest BCUT2D eigenvalue weighted by Crippen LogP contribution is 2.22. The summed E-state index contributed by atoms with van der Waals surface area (Å²) < 4.78 is 0. The maximum Gasteiger partial charge on any atom is 0.269 e. The average molecular weight is 280 g/mol. The molecule has 0 heterocycles. The van der Waals surface area contributed by atoms with Gasteiger partial charge in [-0.3, -0.25) is 10.1 Å². The van der Waals surface area contributed by atoms with Gasteiger partial charge in [0.05, 0.1) is 4.92 Å². The summed E-state index contributed by atoms with van der Waals surface area (Å²) in [7, 11) is 0. The van der Waals surface area contributed by atoms with Crippen LogP contribution in [0.15, 0.2) is 41.3 Å². The smallest absolute Gasteiger partial charge is 0.269 e. The van der Waals surface area contributed by atoms with Gasteiger partial charge < -0.3 is 5.32 Å². The molecule has 0 radical (unpaired) electrons. The van der Waals surface area contributed by atoms with Gasteiger partial charge in [-0.25, -0.2) is 0 Å². The number of non-ortho nitro benzene ring substituents is 1. The van der Waals surface area contributed by atoms with Crippen LogP contribution < -0.4 is 5.32 Å². The molecule has 104 valence electrons. The Labute approximate surface area is 118 Å². The van der Waals surface area contributed by atoms with Crippen LogP contribution in [0.3, 0.4) is 0 Å². The Morgan fingerprint density at radius 1 is 1.37 bits per heavy atom.